The summed E-state index contributed by atoms with van der Waals surface area (Å²) in [7, 11) is 4.14. The largest absolute Gasteiger partial charge is 0.398 e. The van der Waals surface area contributed by atoms with Crippen molar-refractivity contribution >= 4 is 34.6 Å². The Labute approximate surface area is 184 Å². The fourth-order valence-electron chi connectivity index (χ4n) is 3.93. The Bertz CT molecular complexity index is 980. The molecule has 0 aliphatic carbocycles. The monoisotopic (exact) mass is 426 g/mol. The van der Waals surface area contributed by atoms with Crippen molar-refractivity contribution in [1.82, 2.24) is 0 Å². The molecule has 0 aliphatic heterocycles. The normalized spacial score (nSPS) is 11.0. The van der Waals surface area contributed by atoms with E-state index < -0.39 is 0 Å². The topological polar surface area (TPSA) is 29.3 Å². The summed E-state index contributed by atoms with van der Waals surface area (Å²) >= 11 is 12.7. The lowest BCUT2D eigenvalue weighted by molar-refractivity contribution is 1.08. The minimum absolute atomic E-state index is 0.741. The van der Waals surface area contributed by atoms with E-state index in [2.05, 4.69) is 63.2 Å². The number of nitrogens with zero attached hydrogens (tertiary/aromatic N) is 1. The van der Waals surface area contributed by atoms with Gasteiger partial charge in [0.25, 0.3) is 0 Å². The maximum atomic E-state index is 6.62. The summed E-state index contributed by atoms with van der Waals surface area (Å²) < 4.78 is 0. The van der Waals surface area contributed by atoms with E-state index in [0.717, 1.165) is 51.8 Å². The molecule has 0 saturated heterocycles. The number of hydrogen-bond acceptors (Lipinski definition) is 2. The molecular weight excluding hydrogens is 399 g/mol. The Morgan fingerprint density at radius 3 is 2.03 bits per heavy atom. The summed E-state index contributed by atoms with van der Waals surface area (Å²) in [5.41, 5.74) is 15.5. The van der Waals surface area contributed by atoms with Crippen LogP contribution < -0.4 is 10.6 Å². The first-order valence-electron chi connectivity index (χ1n) is 10.00. The van der Waals surface area contributed by atoms with Gasteiger partial charge >= 0.3 is 0 Å². The lowest BCUT2D eigenvalue weighted by Gasteiger charge is -2.24. The number of anilines is 2. The van der Waals surface area contributed by atoms with Crippen LogP contribution in [0.1, 0.15) is 36.1 Å². The van der Waals surface area contributed by atoms with Gasteiger partial charge in [0.1, 0.15) is 0 Å². The van der Waals surface area contributed by atoms with Crippen molar-refractivity contribution in [3.63, 3.8) is 0 Å². The summed E-state index contributed by atoms with van der Waals surface area (Å²) in [5, 5.41) is 1.50. The zero-order valence-electron chi connectivity index (χ0n) is 17.5. The van der Waals surface area contributed by atoms with E-state index in [-0.39, 0.29) is 0 Å². The highest BCUT2D eigenvalue weighted by atomic mass is 35.5. The lowest BCUT2D eigenvalue weighted by Crippen LogP contribution is -2.12. The standard InChI is InChI=1S/C25H28Cl2N2/c1-5-19-22(27)15-23(28)20(6-2)25(19)21-14-17(9-12-24(21)29(3)4)13-16-7-10-18(26)11-8-16/h7-12,14-15H,5-6,13,28H2,1-4H3. The third kappa shape index (κ3) is 4.55. The SMILES string of the molecule is CCc1c(N)cc(Cl)c(CC)c1-c1cc(Cc2ccc(Cl)cc2)ccc1N(C)C. The smallest absolute Gasteiger partial charge is 0.0464 e. The number of nitrogens with two attached hydrogens (primary N) is 1. The molecule has 2 N–H and O–H groups in total. The molecule has 0 amide bonds. The molecule has 2 nitrogen and oxygen atoms in total. The van der Waals surface area contributed by atoms with Crippen LogP contribution in [-0.4, -0.2) is 14.1 Å². The van der Waals surface area contributed by atoms with Crippen molar-refractivity contribution in [1.29, 1.82) is 0 Å². The summed E-state index contributed by atoms with van der Waals surface area (Å²) in [6.45, 7) is 4.29. The summed E-state index contributed by atoms with van der Waals surface area (Å²) in [5.74, 6) is 0. The molecule has 0 spiro atoms. The third-order valence-corrected chi connectivity index (χ3v) is 5.95. The van der Waals surface area contributed by atoms with Gasteiger partial charge in [0, 0.05) is 41.1 Å². The third-order valence-electron chi connectivity index (χ3n) is 5.36. The second-order valence-corrected chi connectivity index (χ2v) is 8.38. The van der Waals surface area contributed by atoms with Gasteiger partial charge in [-0.1, -0.05) is 55.2 Å². The molecular formula is C25H28Cl2N2. The van der Waals surface area contributed by atoms with Crippen molar-refractivity contribution in [3.8, 4) is 11.1 Å². The maximum absolute atomic E-state index is 6.62. The highest BCUT2D eigenvalue weighted by Gasteiger charge is 2.19. The number of hydrogen-bond donors (Lipinski definition) is 1. The lowest BCUT2D eigenvalue weighted by atomic mass is 9.88. The molecule has 29 heavy (non-hydrogen) atoms. The van der Waals surface area contributed by atoms with Gasteiger partial charge < -0.3 is 10.6 Å². The molecule has 0 unspecified atom stereocenters. The molecule has 0 saturated carbocycles. The molecule has 3 rings (SSSR count). The molecule has 0 aliphatic rings. The Hall–Kier alpha value is -2.16. The molecule has 4 heteroatoms. The number of rotatable bonds is 6. The van der Waals surface area contributed by atoms with Crippen LogP contribution in [0, 0.1) is 0 Å². The fraction of sp³-hybridized carbons (Fsp3) is 0.280. The number of nitrogen functional groups attached to an aromatic ring is 1. The van der Waals surface area contributed by atoms with Crippen molar-refractivity contribution in [2.75, 3.05) is 24.7 Å². The van der Waals surface area contributed by atoms with E-state index in [1.807, 2.05) is 18.2 Å². The van der Waals surface area contributed by atoms with Crippen LogP contribution >= 0.6 is 23.2 Å². The van der Waals surface area contributed by atoms with Gasteiger partial charge in [-0.2, -0.15) is 0 Å². The van der Waals surface area contributed by atoms with Gasteiger partial charge in [-0.3, -0.25) is 0 Å². The predicted octanol–water partition coefficient (Wildman–Crippen LogP) is 7.02. The molecule has 0 fully saturated rings. The van der Waals surface area contributed by atoms with Crippen LogP contribution in [0.15, 0.2) is 48.5 Å². The molecule has 0 heterocycles. The van der Waals surface area contributed by atoms with E-state index in [9.17, 15) is 0 Å². The first-order valence-corrected chi connectivity index (χ1v) is 10.8. The van der Waals surface area contributed by atoms with Crippen LogP contribution in [-0.2, 0) is 19.3 Å². The Morgan fingerprint density at radius 2 is 1.45 bits per heavy atom. The first-order chi connectivity index (χ1) is 13.8. The van der Waals surface area contributed by atoms with Crippen LogP contribution in [0.3, 0.4) is 0 Å². The second-order valence-electron chi connectivity index (χ2n) is 7.54. The zero-order chi connectivity index (χ0) is 21.1. The van der Waals surface area contributed by atoms with Crippen LogP contribution in [0.4, 0.5) is 11.4 Å². The van der Waals surface area contributed by atoms with Crippen LogP contribution in [0.2, 0.25) is 10.0 Å². The molecule has 0 aromatic heterocycles. The van der Waals surface area contributed by atoms with E-state index >= 15 is 0 Å². The zero-order valence-corrected chi connectivity index (χ0v) is 19.0. The highest BCUT2D eigenvalue weighted by Crippen LogP contribution is 2.41. The Balaban J connectivity index is 2.21. The Morgan fingerprint density at radius 1 is 0.828 bits per heavy atom. The van der Waals surface area contributed by atoms with Gasteiger partial charge in [-0.05, 0) is 77.4 Å². The minimum Gasteiger partial charge on any atom is -0.398 e. The average molecular weight is 427 g/mol. The second kappa shape index (κ2) is 9.11. The van der Waals surface area contributed by atoms with E-state index in [4.69, 9.17) is 28.9 Å². The van der Waals surface area contributed by atoms with Crippen molar-refractivity contribution in [2.45, 2.75) is 33.1 Å². The predicted molar refractivity (Wildman–Crippen MR) is 129 cm³/mol. The summed E-state index contributed by atoms with van der Waals surface area (Å²) in [6.07, 6.45) is 2.56. The van der Waals surface area contributed by atoms with Gasteiger partial charge in [-0.15, -0.1) is 0 Å². The van der Waals surface area contributed by atoms with Crippen molar-refractivity contribution in [2.24, 2.45) is 0 Å². The van der Waals surface area contributed by atoms with Crippen molar-refractivity contribution < 1.29 is 0 Å². The summed E-state index contributed by atoms with van der Waals surface area (Å²) in [6, 6.07) is 16.6. The highest BCUT2D eigenvalue weighted by molar-refractivity contribution is 6.32. The van der Waals surface area contributed by atoms with Crippen LogP contribution in [0.25, 0.3) is 11.1 Å². The van der Waals surface area contributed by atoms with E-state index in [0.29, 0.717) is 0 Å². The number of benzene rings is 3. The van der Waals surface area contributed by atoms with Gasteiger partial charge in [0.05, 0.1) is 0 Å². The molecule has 3 aromatic carbocycles. The average Bonchev–Trinajstić information content (AvgIpc) is 2.69. The fourth-order valence-corrected chi connectivity index (χ4v) is 4.40. The Kier molecular flexibility index (Phi) is 6.77. The summed E-state index contributed by atoms with van der Waals surface area (Å²) in [4.78, 5) is 2.15. The molecule has 0 radical (unpaired) electrons. The minimum atomic E-state index is 0.741. The van der Waals surface area contributed by atoms with Crippen LogP contribution in [0.5, 0.6) is 0 Å². The van der Waals surface area contributed by atoms with E-state index in [1.165, 1.54) is 22.3 Å². The molecule has 0 bridgehead atoms. The van der Waals surface area contributed by atoms with E-state index in [1.54, 1.807) is 0 Å². The van der Waals surface area contributed by atoms with Gasteiger partial charge in [0.2, 0.25) is 0 Å². The molecule has 0 atom stereocenters. The maximum Gasteiger partial charge on any atom is 0.0464 e. The molecule has 3 aromatic rings. The van der Waals surface area contributed by atoms with Gasteiger partial charge in [0.15, 0.2) is 0 Å². The first kappa shape index (κ1) is 21.5. The number of halogens is 2. The molecule has 152 valence electrons. The van der Waals surface area contributed by atoms with Crippen molar-refractivity contribution in [3.05, 3.63) is 80.8 Å². The van der Waals surface area contributed by atoms with Gasteiger partial charge in [-0.25, -0.2) is 0 Å². The quantitative estimate of drug-likeness (QED) is 0.428.